The maximum atomic E-state index is 13.7. The first kappa shape index (κ1) is 19.1. The quantitative estimate of drug-likeness (QED) is 0.708. The molecule has 29 heavy (non-hydrogen) atoms. The van der Waals surface area contributed by atoms with Gasteiger partial charge in [-0.2, -0.15) is 26.3 Å². The van der Waals surface area contributed by atoms with E-state index < -0.39 is 41.4 Å². The van der Waals surface area contributed by atoms with Crippen LogP contribution in [-0.4, -0.2) is 36.3 Å². The monoisotopic (exact) mass is 422 g/mol. The molecule has 2 saturated carbocycles. The number of halogens is 6. The van der Waals surface area contributed by atoms with Crippen molar-refractivity contribution in [3.05, 3.63) is 24.0 Å². The van der Waals surface area contributed by atoms with Crippen LogP contribution < -0.4 is 10.6 Å². The van der Waals surface area contributed by atoms with Crippen molar-refractivity contribution in [1.82, 2.24) is 10.3 Å². The van der Waals surface area contributed by atoms with Gasteiger partial charge in [-0.25, -0.2) is 0 Å². The van der Waals surface area contributed by atoms with Crippen LogP contribution in [0.25, 0.3) is 0 Å². The number of nitrogens with zero attached hydrogens (tertiary/aromatic N) is 1. The Morgan fingerprint density at radius 3 is 2.28 bits per heavy atom. The number of amides is 1. The number of hydrogen-bond donors (Lipinski definition) is 2. The van der Waals surface area contributed by atoms with Gasteiger partial charge in [0.05, 0.1) is 17.3 Å². The van der Waals surface area contributed by atoms with Crippen LogP contribution in [0.5, 0.6) is 0 Å². The number of hydrogen-bond acceptors (Lipinski definition) is 3. The molecule has 1 atom stereocenters. The van der Waals surface area contributed by atoms with E-state index in [0.29, 0.717) is 5.92 Å². The molecule has 10 heteroatoms. The van der Waals surface area contributed by atoms with Gasteiger partial charge in [-0.15, -0.1) is 0 Å². The first-order chi connectivity index (χ1) is 13.9. The Bertz CT molecular complexity index is 801. The van der Waals surface area contributed by atoms with Crippen molar-refractivity contribution in [1.29, 1.82) is 0 Å². The third-order valence-electron chi connectivity index (χ3n) is 6.53. The summed E-state index contributed by atoms with van der Waals surface area (Å²) in [7, 11) is 0. The Kier molecular flexibility index (Phi) is 4.34. The van der Waals surface area contributed by atoms with E-state index in [0.717, 1.165) is 23.8 Å². The molecule has 1 aliphatic heterocycles. The van der Waals surface area contributed by atoms with Crippen molar-refractivity contribution in [2.24, 2.45) is 16.7 Å². The van der Waals surface area contributed by atoms with Crippen molar-refractivity contribution < 1.29 is 32.5 Å². The Morgan fingerprint density at radius 2 is 1.79 bits per heavy atom. The molecule has 2 aliphatic carbocycles. The van der Waals surface area contributed by atoms with Gasteiger partial charge in [0.15, 0.2) is 5.92 Å². The van der Waals surface area contributed by atoms with Gasteiger partial charge in [0.25, 0.3) is 0 Å². The van der Waals surface area contributed by atoms with Crippen molar-refractivity contribution in [3.63, 3.8) is 0 Å². The number of pyridine rings is 1. The molecule has 0 aromatic carbocycles. The minimum Gasteiger partial charge on any atom is -0.324 e. The summed E-state index contributed by atoms with van der Waals surface area (Å²) in [5, 5.41) is 3.38. The third-order valence-corrected chi connectivity index (χ3v) is 6.53. The maximum absolute atomic E-state index is 13.7. The van der Waals surface area contributed by atoms with E-state index in [4.69, 9.17) is 1.41 Å². The second kappa shape index (κ2) is 6.58. The van der Waals surface area contributed by atoms with Gasteiger partial charge < -0.3 is 10.6 Å². The Balaban J connectivity index is 1.66. The molecular formula is C19H21F6N3O. The van der Waals surface area contributed by atoms with Crippen LogP contribution in [0, 0.1) is 16.7 Å². The molecule has 3 fully saturated rings. The number of piperidine rings is 1. The molecule has 1 aromatic rings. The highest BCUT2D eigenvalue weighted by atomic mass is 19.4. The summed E-state index contributed by atoms with van der Waals surface area (Å²) in [6, 6.07) is 3.09. The lowest BCUT2D eigenvalue weighted by molar-refractivity contribution is -0.303. The number of anilines is 1. The van der Waals surface area contributed by atoms with Gasteiger partial charge in [0.2, 0.25) is 5.91 Å². The van der Waals surface area contributed by atoms with Gasteiger partial charge >= 0.3 is 12.4 Å². The average molecular weight is 422 g/mol. The molecule has 2 N–H and O–H groups in total. The predicted molar refractivity (Wildman–Crippen MR) is 92.0 cm³/mol. The topological polar surface area (TPSA) is 54.0 Å². The summed E-state index contributed by atoms with van der Waals surface area (Å²) in [5.74, 6) is -4.71. The van der Waals surface area contributed by atoms with E-state index in [-0.39, 0.29) is 31.6 Å². The molecule has 1 saturated heterocycles. The molecule has 0 radical (unpaired) electrons. The molecule has 1 spiro atoms. The third kappa shape index (κ3) is 3.49. The Morgan fingerprint density at radius 1 is 1.17 bits per heavy atom. The van der Waals surface area contributed by atoms with E-state index in [1.807, 2.05) is 0 Å². The molecule has 0 bridgehead atoms. The molecule has 4 rings (SSSR count). The van der Waals surface area contributed by atoms with Crippen LogP contribution in [0.2, 0.25) is 1.41 Å². The van der Waals surface area contributed by atoms with E-state index in [1.165, 1.54) is 12.3 Å². The highest BCUT2D eigenvalue weighted by Gasteiger charge is 2.83. The fourth-order valence-corrected chi connectivity index (χ4v) is 4.88. The van der Waals surface area contributed by atoms with Crippen molar-refractivity contribution in [3.8, 4) is 0 Å². The molecule has 2 heterocycles. The Hall–Kier alpha value is -1.84. The summed E-state index contributed by atoms with van der Waals surface area (Å²) in [6.07, 6.45) is -8.63. The summed E-state index contributed by atoms with van der Waals surface area (Å²) in [6.45, 7) is 0.0458. The largest absolute Gasteiger partial charge is 0.401 e. The molecule has 4 nitrogen and oxygen atoms in total. The van der Waals surface area contributed by atoms with Crippen molar-refractivity contribution in [2.75, 3.05) is 18.4 Å². The minimum atomic E-state index is -5.62. The lowest BCUT2D eigenvalue weighted by Gasteiger charge is -2.36. The van der Waals surface area contributed by atoms with E-state index in [1.54, 1.807) is 6.07 Å². The highest BCUT2D eigenvalue weighted by molar-refractivity contribution is 5.98. The van der Waals surface area contributed by atoms with Crippen LogP contribution >= 0.6 is 0 Å². The van der Waals surface area contributed by atoms with E-state index >= 15 is 0 Å². The average Bonchev–Trinajstić information content (AvgIpc) is 3.53. The fourth-order valence-electron chi connectivity index (χ4n) is 4.88. The van der Waals surface area contributed by atoms with E-state index in [9.17, 15) is 31.1 Å². The van der Waals surface area contributed by atoms with Crippen LogP contribution in [0.15, 0.2) is 18.3 Å². The minimum absolute atomic E-state index is 0.0229. The molecule has 160 valence electrons. The Labute approximate surface area is 164 Å². The van der Waals surface area contributed by atoms with Crippen molar-refractivity contribution in [2.45, 2.75) is 50.4 Å². The SMILES string of the molecule is [2H]N1CCC2(CC1)C[C@@]2(C(=O)Nc1ccc(C2CC2)nc1)C(C(F)(F)F)C(F)(F)F. The molecule has 0 unspecified atom stereocenters. The highest BCUT2D eigenvalue weighted by Crippen LogP contribution is 2.76. The number of rotatable bonds is 4. The fraction of sp³-hybridized carbons (Fsp3) is 0.684. The summed E-state index contributed by atoms with van der Waals surface area (Å²) in [5.41, 5.74) is -3.20. The number of carbonyl (C=O) groups is 1. The summed E-state index contributed by atoms with van der Waals surface area (Å²) < 4.78 is 89.5. The predicted octanol–water partition coefficient (Wildman–Crippen LogP) is 4.40. The first-order valence-electron chi connectivity index (χ1n) is 9.98. The van der Waals surface area contributed by atoms with Gasteiger partial charge in [0.1, 0.15) is 1.41 Å². The van der Waals surface area contributed by atoms with Gasteiger partial charge in [0, 0.05) is 11.6 Å². The number of nitrogens with one attached hydrogen (secondary N) is 2. The number of alkyl halides is 6. The van der Waals surface area contributed by atoms with Gasteiger partial charge in [-0.3, -0.25) is 9.78 Å². The van der Waals surface area contributed by atoms with Gasteiger partial charge in [-0.05, 0) is 62.7 Å². The smallest absolute Gasteiger partial charge is 0.324 e. The standard InChI is InChI=1S/C19H21F6N3O/c20-18(21,22)14(19(23,24)25)17(10-16(17)5-7-26-8-6-16)15(29)28-12-3-4-13(27-9-12)11-1-2-11/h3-4,9,11,14,26H,1-2,5-8,10H2,(H,28,29)/t17-/m0/s1/i/hD. The lowest BCUT2D eigenvalue weighted by Crippen LogP contribution is -2.51. The number of carbonyl (C=O) groups excluding carboxylic acids is 1. The molecule has 3 aliphatic rings. The van der Waals surface area contributed by atoms with Crippen LogP contribution in [-0.2, 0) is 4.79 Å². The zero-order valence-electron chi connectivity index (χ0n) is 16.4. The lowest BCUT2D eigenvalue weighted by atomic mass is 9.75. The van der Waals surface area contributed by atoms with E-state index in [2.05, 4.69) is 10.3 Å². The van der Waals surface area contributed by atoms with Crippen LogP contribution in [0.1, 0.15) is 43.7 Å². The molecular weight excluding hydrogens is 400 g/mol. The van der Waals surface area contributed by atoms with Crippen LogP contribution in [0.4, 0.5) is 32.0 Å². The zero-order chi connectivity index (χ0) is 21.9. The van der Waals surface area contributed by atoms with Crippen LogP contribution in [0.3, 0.4) is 0 Å². The molecule has 1 aromatic heterocycles. The second-order valence-corrected chi connectivity index (χ2v) is 8.32. The van der Waals surface area contributed by atoms with Crippen molar-refractivity contribution >= 4 is 11.6 Å². The van der Waals surface area contributed by atoms with Gasteiger partial charge in [-0.1, -0.05) is 0 Å². The summed E-state index contributed by atoms with van der Waals surface area (Å²) >= 11 is 0. The second-order valence-electron chi connectivity index (χ2n) is 8.32. The molecule has 1 amide bonds. The summed E-state index contributed by atoms with van der Waals surface area (Å²) in [4.78, 5) is 17.2. The zero-order valence-corrected chi connectivity index (χ0v) is 15.4. The normalized spacial score (nSPS) is 27.8. The number of aromatic nitrogens is 1. The first-order valence-corrected chi connectivity index (χ1v) is 9.54. The maximum Gasteiger partial charge on any atom is 0.401 e.